The van der Waals surface area contributed by atoms with Gasteiger partial charge in [0.05, 0.1) is 12.5 Å². The summed E-state index contributed by atoms with van der Waals surface area (Å²) in [6, 6.07) is 0. The third-order valence-electron chi connectivity index (χ3n) is 3.64. The summed E-state index contributed by atoms with van der Waals surface area (Å²) >= 11 is 0. The van der Waals surface area contributed by atoms with Crippen LogP contribution in [0.1, 0.15) is 97.3 Å². The molecule has 136 valence electrons. The molecule has 0 radical (unpaired) electrons. The van der Waals surface area contributed by atoms with Gasteiger partial charge in [-0.2, -0.15) is 0 Å². The standard InChI is InChI=1S/C11H22O.C10H18O/c1-2-3-4-5-6-7-8-9-10-11-12;1-2-3-4-5-6-7-8-9-10-11/h10-12H,2-9H2,1H3;7-11H,2-6H2,1H3/b11-10+;8-7-,10-9+. The van der Waals surface area contributed by atoms with E-state index in [2.05, 4.69) is 19.9 Å². The summed E-state index contributed by atoms with van der Waals surface area (Å²) in [5.41, 5.74) is 0. The minimum atomic E-state index is 1.03. The lowest BCUT2D eigenvalue weighted by atomic mass is 10.1. The smallest absolute Gasteiger partial charge is 0.0791 e. The molecule has 0 bridgehead atoms. The van der Waals surface area contributed by atoms with Gasteiger partial charge in [0.2, 0.25) is 0 Å². The average Bonchev–Trinajstić information content (AvgIpc) is 2.57. The van der Waals surface area contributed by atoms with E-state index in [1.807, 2.05) is 12.2 Å². The first-order valence-electron chi connectivity index (χ1n) is 9.58. The van der Waals surface area contributed by atoms with Gasteiger partial charge in [-0.3, -0.25) is 0 Å². The highest BCUT2D eigenvalue weighted by Crippen LogP contribution is 2.08. The van der Waals surface area contributed by atoms with Crippen molar-refractivity contribution in [2.24, 2.45) is 0 Å². The van der Waals surface area contributed by atoms with E-state index in [0.717, 1.165) is 25.4 Å². The Morgan fingerprint density at radius 2 is 1.00 bits per heavy atom. The van der Waals surface area contributed by atoms with Crippen LogP contribution < -0.4 is 0 Å². The van der Waals surface area contributed by atoms with Crippen LogP contribution in [0.4, 0.5) is 0 Å². The van der Waals surface area contributed by atoms with Gasteiger partial charge in [-0.25, -0.2) is 0 Å². The summed E-state index contributed by atoms with van der Waals surface area (Å²) < 4.78 is 0. The molecule has 23 heavy (non-hydrogen) atoms. The summed E-state index contributed by atoms with van der Waals surface area (Å²) in [6.45, 7) is 4.45. The second-order valence-corrected chi connectivity index (χ2v) is 5.91. The van der Waals surface area contributed by atoms with Gasteiger partial charge >= 0.3 is 0 Å². The van der Waals surface area contributed by atoms with Crippen molar-refractivity contribution < 1.29 is 10.2 Å². The molecule has 0 aliphatic rings. The quantitative estimate of drug-likeness (QED) is 0.194. The zero-order valence-corrected chi connectivity index (χ0v) is 15.6. The fourth-order valence-electron chi connectivity index (χ4n) is 2.21. The minimum Gasteiger partial charge on any atom is -0.516 e. The highest BCUT2D eigenvalue weighted by atomic mass is 16.2. The van der Waals surface area contributed by atoms with Crippen LogP contribution in [-0.4, -0.2) is 10.2 Å². The Labute approximate surface area is 145 Å². The molecule has 0 saturated carbocycles. The number of allylic oxidation sites excluding steroid dienone is 4. The molecule has 0 saturated heterocycles. The molecule has 0 amide bonds. The predicted octanol–water partition coefficient (Wildman–Crippen LogP) is 7.78. The Bertz CT molecular complexity index is 267. The topological polar surface area (TPSA) is 40.5 Å². The van der Waals surface area contributed by atoms with E-state index in [9.17, 15) is 0 Å². The summed E-state index contributed by atoms with van der Waals surface area (Å²) in [5, 5.41) is 16.6. The van der Waals surface area contributed by atoms with Gasteiger partial charge in [0.25, 0.3) is 0 Å². The van der Waals surface area contributed by atoms with Gasteiger partial charge in [-0.15, -0.1) is 0 Å². The molecule has 0 aromatic rings. The third kappa shape index (κ3) is 29.5. The average molecular weight is 325 g/mol. The number of unbranched alkanes of at least 4 members (excludes halogenated alkanes) is 11. The molecule has 0 aromatic heterocycles. The highest BCUT2D eigenvalue weighted by molar-refractivity contribution is 4.98. The summed E-state index contributed by atoms with van der Waals surface area (Å²) in [4.78, 5) is 0. The second kappa shape index (κ2) is 25.8. The van der Waals surface area contributed by atoms with Crippen LogP contribution in [0.25, 0.3) is 0 Å². The molecule has 0 aromatic carbocycles. The van der Waals surface area contributed by atoms with E-state index in [1.165, 1.54) is 70.6 Å². The van der Waals surface area contributed by atoms with Crippen molar-refractivity contribution in [1.29, 1.82) is 0 Å². The van der Waals surface area contributed by atoms with Crippen LogP contribution in [-0.2, 0) is 0 Å². The van der Waals surface area contributed by atoms with Crippen molar-refractivity contribution in [3.63, 3.8) is 0 Å². The number of hydrogen-bond donors (Lipinski definition) is 2. The van der Waals surface area contributed by atoms with Crippen molar-refractivity contribution in [1.82, 2.24) is 0 Å². The van der Waals surface area contributed by atoms with Crippen LogP contribution in [0.15, 0.2) is 36.8 Å². The SMILES string of the molecule is CCCCCC/C=C\C=C\O.CCCCCCCCC/C=C/O. The van der Waals surface area contributed by atoms with Crippen LogP contribution in [0.5, 0.6) is 0 Å². The molecule has 2 N–H and O–H groups in total. The first kappa shape index (κ1) is 24.1. The van der Waals surface area contributed by atoms with Crippen LogP contribution >= 0.6 is 0 Å². The molecule has 0 aliphatic carbocycles. The number of aliphatic hydroxyl groups is 2. The lowest BCUT2D eigenvalue weighted by Crippen LogP contribution is -1.78. The number of rotatable bonds is 14. The maximum Gasteiger partial charge on any atom is 0.0791 e. The lowest BCUT2D eigenvalue weighted by molar-refractivity contribution is 0.469. The fraction of sp³-hybridized carbons (Fsp3) is 0.714. The third-order valence-corrected chi connectivity index (χ3v) is 3.64. The Balaban J connectivity index is 0. The Morgan fingerprint density at radius 1 is 0.522 bits per heavy atom. The molecule has 0 fully saturated rings. The monoisotopic (exact) mass is 324 g/mol. The van der Waals surface area contributed by atoms with E-state index in [1.54, 1.807) is 6.08 Å². The first-order chi connectivity index (χ1) is 11.3. The fourth-order valence-corrected chi connectivity index (χ4v) is 2.21. The van der Waals surface area contributed by atoms with Gasteiger partial charge in [-0.1, -0.05) is 89.9 Å². The zero-order valence-electron chi connectivity index (χ0n) is 15.6. The van der Waals surface area contributed by atoms with E-state index >= 15 is 0 Å². The predicted molar refractivity (Wildman–Crippen MR) is 104 cm³/mol. The molecular weight excluding hydrogens is 284 g/mol. The Morgan fingerprint density at radius 3 is 1.52 bits per heavy atom. The minimum absolute atomic E-state index is 1.03. The first-order valence-corrected chi connectivity index (χ1v) is 9.58. The zero-order chi connectivity index (χ0) is 17.4. The maximum absolute atomic E-state index is 8.36. The number of hydrogen-bond acceptors (Lipinski definition) is 2. The molecule has 0 rings (SSSR count). The molecule has 0 unspecified atom stereocenters. The normalized spacial score (nSPS) is 11.4. The molecule has 2 heteroatoms. The van der Waals surface area contributed by atoms with Gasteiger partial charge < -0.3 is 10.2 Å². The largest absolute Gasteiger partial charge is 0.516 e. The lowest BCUT2D eigenvalue weighted by Gasteiger charge is -1.98. The van der Waals surface area contributed by atoms with Gasteiger partial charge in [-0.05, 0) is 31.8 Å². The molecule has 0 heterocycles. The van der Waals surface area contributed by atoms with Gasteiger partial charge in [0, 0.05) is 0 Å². The summed E-state index contributed by atoms with van der Waals surface area (Å²) in [5.74, 6) is 0. The van der Waals surface area contributed by atoms with E-state index in [0.29, 0.717) is 0 Å². The van der Waals surface area contributed by atoms with Gasteiger partial charge in [0.1, 0.15) is 0 Å². The highest BCUT2D eigenvalue weighted by Gasteiger charge is 1.88. The van der Waals surface area contributed by atoms with Crippen molar-refractivity contribution >= 4 is 0 Å². The molecule has 0 atom stereocenters. The van der Waals surface area contributed by atoms with Crippen molar-refractivity contribution in [3.8, 4) is 0 Å². The van der Waals surface area contributed by atoms with Crippen molar-refractivity contribution in [2.75, 3.05) is 0 Å². The van der Waals surface area contributed by atoms with Crippen molar-refractivity contribution in [2.45, 2.75) is 97.3 Å². The van der Waals surface area contributed by atoms with Crippen molar-refractivity contribution in [3.05, 3.63) is 36.8 Å². The Hall–Kier alpha value is -1.18. The van der Waals surface area contributed by atoms with E-state index in [-0.39, 0.29) is 0 Å². The Kier molecular flexibility index (Phi) is 27.0. The summed E-state index contributed by atoms with van der Waals surface area (Å²) in [7, 11) is 0. The van der Waals surface area contributed by atoms with E-state index in [4.69, 9.17) is 10.2 Å². The molecule has 0 aliphatic heterocycles. The number of aliphatic hydroxyl groups excluding tert-OH is 2. The molecular formula is C21H40O2. The second-order valence-electron chi connectivity index (χ2n) is 5.91. The van der Waals surface area contributed by atoms with Crippen LogP contribution in [0, 0.1) is 0 Å². The maximum atomic E-state index is 8.36. The molecule has 0 spiro atoms. The summed E-state index contributed by atoms with van der Waals surface area (Å²) in [6.07, 6.45) is 26.4. The van der Waals surface area contributed by atoms with Gasteiger partial charge in [0.15, 0.2) is 0 Å². The van der Waals surface area contributed by atoms with E-state index < -0.39 is 0 Å². The molecule has 2 nitrogen and oxygen atoms in total. The van der Waals surface area contributed by atoms with Crippen LogP contribution in [0.2, 0.25) is 0 Å². The van der Waals surface area contributed by atoms with Crippen LogP contribution in [0.3, 0.4) is 0 Å².